The van der Waals surface area contributed by atoms with Crippen LogP contribution in [0.15, 0.2) is 0 Å². The molecule has 0 aromatic heterocycles. The van der Waals surface area contributed by atoms with Crippen LogP contribution in [0.25, 0.3) is 0 Å². The van der Waals surface area contributed by atoms with Crippen molar-refractivity contribution >= 4 is 11.8 Å². The van der Waals surface area contributed by atoms with Gasteiger partial charge in [-0.1, -0.05) is 0 Å². The van der Waals surface area contributed by atoms with Gasteiger partial charge in [0.15, 0.2) is 0 Å². The van der Waals surface area contributed by atoms with Crippen LogP contribution >= 0.6 is 0 Å². The minimum atomic E-state index is -0.0502. The highest BCUT2D eigenvalue weighted by atomic mass is 16.2. The van der Waals surface area contributed by atoms with Crippen molar-refractivity contribution in [2.24, 2.45) is 11.5 Å². The molecule has 0 aliphatic heterocycles. The van der Waals surface area contributed by atoms with Gasteiger partial charge in [-0.15, -0.1) is 0 Å². The minimum Gasteiger partial charge on any atom is -0.356 e. The second-order valence-corrected chi connectivity index (χ2v) is 3.13. The van der Waals surface area contributed by atoms with E-state index >= 15 is 0 Å². The van der Waals surface area contributed by atoms with E-state index in [-0.39, 0.29) is 11.8 Å². The molecule has 0 spiro atoms. The van der Waals surface area contributed by atoms with Crippen LogP contribution in [0.4, 0.5) is 0 Å². The molecular formula is C9H20N4O2. The first kappa shape index (κ1) is 13.9. The predicted molar refractivity (Wildman–Crippen MR) is 58.0 cm³/mol. The Kier molecular flexibility index (Phi) is 8.70. The maximum absolute atomic E-state index is 10.9. The van der Waals surface area contributed by atoms with Gasteiger partial charge in [0.2, 0.25) is 11.8 Å². The molecule has 0 heterocycles. The molecule has 15 heavy (non-hydrogen) atoms. The van der Waals surface area contributed by atoms with E-state index in [1.54, 1.807) is 0 Å². The minimum absolute atomic E-state index is 0.0502. The van der Waals surface area contributed by atoms with Crippen molar-refractivity contribution in [2.75, 3.05) is 26.2 Å². The van der Waals surface area contributed by atoms with E-state index < -0.39 is 0 Å². The molecule has 6 heteroatoms. The van der Waals surface area contributed by atoms with E-state index in [1.807, 2.05) is 0 Å². The van der Waals surface area contributed by atoms with Crippen molar-refractivity contribution in [2.45, 2.75) is 19.3 Å². The summed E-state index contributed by atoms with van der Waals surface area (Å²) < 4.78 is 0. The lowest BCUT2D eigenvalue weighted by Gasteiger charge is -2.05. The van der Waals surface area contributed by atoms with Gasteiger partial charge in [0.25, 0.3) is 0 Å². The van der Waals surface area contributed by atoms with Gasteiger partial charge in [-0.25, -0.2) is 0 Å². The predicted octanol–water partition coefficient (Wildman–Crippen LogP) is -1.69. The first-order valence-corrected chi connectivity index (χ1v) is 5.14. The first-order valence-electron chi connectivity index (χ1n) is 5.14. The number of nitrogens with one attached hydrogen (secondary N) is 2. The number of nitrogens with two attached hydrogens (primary N) is 2. The van der Waals surface area contributed by atoms with Crippen LogP contribution in [0.5, 0.6) is 0 Å². The third kappa shape index (κ3) is 9.17. The smallest absolute Gasteiger partial charge is 0.221 e. The van der Waals surface area contributed by atoms with Gasteiger partial charge in [-0.05, 0) is 6.42 Å². The number of carbonyl (C=O) groups is 2. The van der Waals surface area contributed by atoms with Gasteiger partial charge in [-0.2, -0.15) is 0 Å². The molecule has 0 aliphatic carbocycles. The number of hydrogen-bond acceptors (Lipinski definition) is 4. The third-order valence-electron chi connectivity index (χ3n) is 1.74. The molecule has 0 unspecified atom stereocenters. The van der Waals surface area contributed by atoms with Crippen LogP contribution in [0.2, 0.25) is 0 Å². The average Bonchev–Trinajstić information content (AvgIpc) is 2.18. The Labute approximate surface area is 89.8 Å². The van der Waals surface area contributed by atoms with Gasteiger partial charge >= 0.3 is 0 Å². The van der Waals surface area contributed by atoms with Crippen molar-refractivity contribution < 1.29 is 9.59 Å². The molecule has 6 N–H and O–H groups in total. The van der Waals surface area contributed by atoms with Crippen LogP contribution in [0, 0.1) is 0 Å². The lowest BCUT2D eigenvalue weighted by molar-refractivity contribution is -0.121. The molecule has 88 valence electrons. The molecule has 0 aliphatic rings. The van der Waals surface area contributed by atoms with Crippen molar-refractivity contribution in [3.05, 3.63) is 0 Å². The van der Waals surface area contributed by atoms with E-state index in [4.69, 9.17) is 11.5 Å². The van der Waals surface area contributed by atoms with Crippen LogP contribution in [-0.4, -0.2) is 38.0 Å². The van der Waals surface area contributed by atoms with Crippen LogP contribution in [0.1, 0.15) is 19.3 Å². The standard InChI is InChI=1S/C9H20N4O2/c10-4-2-8(14)12-6-1-7-13-9(15)3-5-11/h1-7,10-11H2,(H,12,14)(H,13,15). The Morgan fingerprint density at radius 1 is 0.867 bits per heavy atom. The summed E-state index contributed by atoms with van der Waals surface area (Å²) in [4.78, 5) is 21.9. The highest BCUT2D eigenvalue weighted by molar-refractivity contribution is 5.76. The molecule has 0 fully saturated rings. The van der Waals surface area contributed by atoms with E-state index in [1.165, 1.54) is 0 Å². The maximum atomic E-state index is 10.9. The maximum Gasteiger partial charge on any atom is 0.221 e. The molecule has 0 radical (unpaired) electrons. The number of hydrogen-bond donors (Lipinski definition) is 4. The molecule has 0 rings (SSSR count). The Morgan fingerprint density at radius 3 is 1.60 bits per heavy atom. The fourth-order valence-corrected chi connectivity index (χ4v) is 0.983. The monoisotopic (exact) mass is 216 g/mol. The Morgan fingerprint density at radius 2 is 1.27 bits per heavy atom. The van der Waals surface area contributed by atoms with E-state index in [0.717, 1.165) is 0 Å². The van der Waals surface area contributed by atoms with Gasteiger partial charge in [0.05, 0.1) is 0 Å². The molecule has 0 atom stereocenters. The van der Waals surface area contributed by atoms with E-state index in [0.29, 0.717) is 45.4 Å². The van der Waals surface area contributed by atoms with Crippen LogP contribution < -0.4 is 22.1 Å². The highest BCUT2D eigenvalue weighted by Gasteiger charge is 1.99. The van der Waals surface area contributed by atoms with E-state index in [2.05, 4.69) is 10.6 Å². The molecule has 0 saturated heterocycles. The molecule has 0 bridgehead atoms. The molecule has 0 aromatic carbocycles. The fourth-order valence-electron chi connectivity index (χ4n) is 0.983. The second kappa shape index (κ2) is 9.42. The quantitative estimate of drug-likeness (QED) is 0.363. The first-order chi connectivity index (χ1) is 7.20. The SMILES string of the molecule is NCCC(=O)NCCCNC(=O)CCN. The lowest BCUT2D eigenvalue weighted by Crippen LogP contribution is -2.31. The average molecular weight is 216 g/mol. The molecule has 6 nitrogen and oxygen atoms in total. The van der Waals surface area contributed by atoms with Gasteiger partial charge in [0, 0.05) is 39.0 Å². The summed E-state index contributed by atoms with van der Waals surface area (Å²) in [6, 6.07) is 0. The van der Waals surface area contributed by atoms with E-state index in [9.17, 15) is 9.59 Å². The normalized spacial score (nSPS) is 9.73. The van der Waals surface area contributed by atoms with Crippen molar-refractivity contribution in [1.82, 2.24) is 10.6 Å². The zero-order valence-corrected chi connectivity index (χ0v) is 8.92. The zero-order chi connectivity index (χ0) is 11.5. The topological polar surface area (TPSA) is 110 Å². The van der Waals surface area contributed by atoms with Gasteiger partial charge in [0.1, 0.15) is 0 Å². The van der Waals surface area contributed by atoms with Crippen molar-refractivity contribution in [3.63, 3.8) is 0 Å². The largest absolute Gasteiger partial charge is 0.356 e. The number of carbonyl (C=O) groups excluding carboxylic acids is 2. The summed E-state index contributed by atoms with van der Waals surface area (Å²) in [6.07, 6.45) is 1.41. The molecule has 2 amide bonds. The fraction of sp³-hybridized carbons (Fsp3) is 0.778. The summed E-state index contributed by atoms with van der Waals surface area (Å²) in [6.45, 7) is 1.83. The number of rotatable bonds is 8. The summed E-state index contributed by atoms with van der Waals surface area (Å²) in [7, 11) is 0. The lowest BCUT2D eigenvalue weighted by atomic mass is 10.3. The molecule has 0 aromatic rings. The van der Waals surface area contributed by atoms with Crippen molar-refractivity contribution in [1.29, 1.82) is 0 Å². The Hall–Kier alpha value is -1.14. The number of amides is 2. The Bertz CT molecular complexity index is 177. The highest BCUT2D eigenvalue weighted by Crippen LogP contribution is 1.80. The van der Waals surface area contributed by atoms with Crippen LogP contribution in [0.3, 0.4) is 0 Å². The summed E-state index contributed by atoms with van der Waals surface area (Å²) >= 11 is 0. The summed E-state index contributed by atoms with van der Waals surface area (Å²) in [5, 5.41) is 5.39. The van der Waals surface area contributed by atoms with Gasteiger partial charge < -0.3 is 22.1 Å². The summed E-state index contributed by atoms with van der Waals surface area (Å²) in [5.41, 5.74) is 10.4. The van der Waals surface area contributed by atoms with Gasteiger partial charge in [-0.3, -0.25) is 9.59 Å². The van der Waals surface area contributed by atoms with Crippen molar-refractivity contribution in [3.8, 4) is 0 Å². The van der Waals surface area contributed by atoms with Crippen LogP contribution in [-0.2, 0) is 9.59 Å². The third-order valence-corrected chi connectivity index (χ3v) is 1.74. The summed E-state index contributed by atoms with van der Waals surface area (Å²) in [5.74, 6) is -0.100. The Balaban J connectivity index is 3.24. The molecule has 0 saturated carbocycles. The second-order valence-electron chi connectivity index (χ2n) is 3.13. The zero-order valence-electron chi connectivity index (χ0n) is 8.92. The molecular weight excluding hydrogens is 196 g/mol.